The third-order valence-electron chi connectivity index (χ3n) is 6.39. The molecule has 1 saturated heterocycles. The van der Waals surface area contributed by atoms with Crippen molar-refractivity contribution in [3.63, 3.8) is 0 Å². The number of rotatable bonds is 6. The van der Waals surface area contributed by atoms with E-state index in [0.29, 0.717) is 17.7 Å². The largest absolute Gasteiger partial charge is 0.423 e. The van der Waals surface area contributed by atoms with Crippen molar-refractivity contribution in [1.82, 2.24) is 9.88 Å². The van der Waals surface area contributed by atoms with Gasteiger partial charge in [-0.05, 0) is 29.8 Å². The van der Waals surface area contributed by atoms with Crippen molar-refractivity contribution < 1.29 is 23.8 Å². The number of hydrogen-bond acceptors (Lipinski definition) is 8. The van der Waals surface area contributed by atoms with E-state index in [1.165, 1.54) is 0 Å². The Hall–Kier alpha value is -3.75. The van der Waals surface area contributed by atoms with Gasteiger partial charge >= 0.3 is 11.9 Å². The standard InChI is InChI=1S/C27H27N3O5/c1-3-29-12-14-30(15-13-29)25-20-10-7-11-22-23(20)24(35-27(32)26(31)34-22)21(28-25)16-19(17-33-2)18-8-5-4-6-9-18/h4-11,16H,3,12-15,17H2,1-2H3/b19-16-. The predicted molar refractivity (Wildman–Crippen MR) is 134 cm³/mol. The van der Waals surface area contributed by atoms with Gasteiger partial charge in [0.2, 0.25) is 0 Å². The van der Waals surface area contributed by atoms with Crippen LogP contribution in [-0.4, -0.2) is 68.3 Å². The Kier molecular flexibility index (Phi) is 6.48. The first-order chi connectivity index (χ1) is 17.1. The quantitative estimate of drug-likeness (QED) is 0.306. The molecule has 35 heavy (non-hydrogen) atoms. The molecule has 2 aromatic carbocycles. The van der Waals surface area contributed by atoms with Crippen molar-refractivity contribution in [2.75, 3.05) is 51.3 Å². The SMILES string of the molecule is CCN1CCN(c2nc(/C=C(/COC)c3ccccc3)c3c4c(cccc24)OC(=O)C(=O)O3)CC1. The number of piperazine rings is 1. The average Bonchev–Trinajstić information content (AvgIpc) is 3.02. The number of carbonyl (C=O) groups is 2. The molecule has 0 radical (unpaired) electrons. The number of nitrogens with zero attached hydrogens (tertiary/aromatic N) is 3. The molecule has 3 aromatic rings. The first kappa shape index (κ1) is 23.0. The Labute approximate surface area is 203 Å². The lowest BCUT2D eigenvalue weighted by Crippen LogP contribution is -2.46. The Morgan fingerprint density at radius 3 is 2.46 bits per heavy atom. The molecule has 2 aliphatic rings. The molecule has 0 bridgehead atoms. The van der Waals surface area contributed by atoms with Crippen molar-refractivity contribution in [1.29, 1.82) is 0 Å². The van der Waals surface area contributed by atoms with Crippen LogP contribution >= 0.6 is 0 Å². The Morgan fingerprint density at radius 1 is 1.00 bits per heavy atom. The molecule has 8 heteroatoms. The van der Waals surface area contributed by atoms with Gasteiger partial charge in [-0.25, -0.2) is 14.6 Å². The van der Waals surface area contributed by atoms with Crippen molar-refractivity contribution in [3.8, 4) is 11.5 Å². The number of anilines is 1. The molecule has 0 unspecified atom stereocenters. The monoisotopic (exact) mass is 473 g/mol. The second-order valence-electron chi connectivity index (χ2n) is 8.50. The summed E-state index contributed by atoms with van der Waals surface area (Å²) in [5, 5.41) is 1.33. The lowest BCUT2D eigenvalue weighted by Gasteiger charge is -2.35. The summed E-state index contributed by atoms with van der Waals surface area (Å²) < 4.78 is 16.4. The summed E-state index contributed by atoms with van der Waals surface area (Å²) >= 11 is 0. The summed E-state index contributed by atoms with van der Waals surface area (Å²) in [4.78, 5) is 34.3. The Balaban J connectivity index is 1.73. The van der Waals surface area contributed by atoms with Crippen LogP contribution in [0.5, 0.6) is 11.5 Å². The van der Waals surface area contributed by atoms with E-state index < -0.39 is 11.9 Å². The van der Waals surface area contributed by atoms with E-state index in [0.717, 1.165) is 55.1 Å². The van der Waals surface area contributed by atoms with Gasteiger partial charge < -0.3 is 24.0 Å². The molecular formula is C27H27N3O5. The van der Waals surface area contributed by atoms with Crippen LogP contribution in [0, 0.1) is 0 Å². The smallest absolute Gasteiger partial charge is 0.417 e. The highest BCUT2D eigenvalue weighted by molar-refractivity contribution is 6.32. The number of carbonyl (C=O) groups excluding carboxylic acids is 2. The van der Waals surface area contributed by atoms with Gasteiger partial charge in [-0.15, -0.1) is 0 Å². The van der Waals surface area contributed by atoms with Gasteiger partial charge in [-0.1, -0.05) is 49.4 Å². The number of benzene rings is 2. The molecule has 3 heterocycles. The van der Waals surface area contributed by atoms with E-state index in [1.807, 2.05) is 42.5 Å². The van der Waals surface area contributed by atoms with Crippen molar-refractivity contribution in [2.24, 2.45) is 0 Å². The Morgan fingerprint density at radius 2 is 1.74 bits per heavy atom. The molecule has 1 fully saturated rings. The maximum absolute atomic E-state index is 12.4. The van der Waals surface area contributed by atoms with Crippen molar-refractivity contribution >= 4 is 40.2 Å². The van der Waals surface area contributed by atoms with Gasteiger partial charge in [0.1, 0.15) is 17.3 Å². The van der Waals surface area contributed by atoms with Gasteiger partial charge in [0.25, 0.3) is 0 Å². The number of aromatic nitrogens is 1. The zero-order valence-corrected chi connectivity index (χ0v) is 19.8. The minimum atomic E-state index is -1.07. The number of likely N-dealkylation sites (N-methyl/N-ethyl adjacent to an activating group) is 1. The molecule has 0 spiro atoms. The molecular weight excluding hydrogens is 446 g/mol. The molecule has 5 rings (SSSR count). The summed E-state index contributed by atoms with van der Waals surface area (Å²) in [6.45, 7) is 6.97. The summed E-state index contributed by atoms with van der Waals surface area (Å²) in [5.74, 6) is -0.858. The number of esters is 2. The molecule has 180 valence electrons. The van der Waals surface area contributed by atoms with E-state index in [-0.39, 0.29) is 11.5 Å². The highest BCUT2D eigenvalue weighted by Crippen LogP contribution is 2.43. The van der Waals surface area contributed by atoms with E-state index in [1.54, 1.807) is 19.2 Å². The van der Waals surface area contributed by atoms with Crippen LogP contribution in [0.1, 0.15) is 18.2 Å². The van der Waals surface area contributed by atoms with Crippen LogP contribution in [0.3, 0.4) is 0 Å². The van der Waals surface area contributed by atoms with E-state index >= 15 is 0 Å². The van der Waals surface area contributed by atoms with Crippen LogP contribution in [0.25, 0.3) is 22.4 Å². The highest BCUT2D eigenvalue weighted by atomic mass is 16.6. The number of ether oxygens (including phenoxy) is 3. The molecule has 8 nitrogen and oxygen atoms in total. The molecule has 0 atom stereocenters. The zero-order valence-electron chi connectivity index (χ0n) is 19.8. The number of pyridine rings is 1. The zero-order chi connectivity index (χ0) is 24.4. The third kappa shape index (κ3) is 4.50. The van der Waals surface area contributed by atoms with Crippen LogP contribution in [0.15, 0.2) is 48.5 Å². The fraction of sp³-hybridized carbons (Fsp3) is 0.296. The van der Waals surface area contributed by atoms with Crippen LogP contribution < -0.4 is 14.4 Å². The van der Waals surface area contributed by atoms with Crippen LogP contribution in [0.2, 0.25) is 0 Å². The fourth-order valence-electron chi connectivity index (χ4n) is 4.56. The maximum atomic E-state index is 12.4. The maximum Gasteiger partial charge on any atom is 0.423 e. The average molecular weight is 474 g/mol. The van der Waals surface area contributed by atoms with Gasteiger partial charge in [-0.2, -0.15) is 0 Å². The minimum Gasteiger partial charge on any atom is -0.417 e. The van der Waals surface area contributed by atoms with Gasteiger partial charge in [-0.3, -0.25) is 0 Å². The van der Waals surface area contributed by atoms with Gasteiger partial charge in [0, 0.05) is 38.7 Å². The summed E-state index contributed by atoms with van der Waals surface area (Å²) in [5.41, 5.74) is 2.27. The van der Waals surface area contributed by atoms with Crippen LogP contribution in [0.4, 0.5) is 5.82 Å². The first-order valence-corrected chi connectivity index (χ1v) is 11.7. The van der Waals surface area contributed by atoms with E-state index in [4.69, 9.17) is 19.2 Å². The Bertz CT molecular complexity index is 1300. The normalized spacial score (nSPS) is 16.7. The molecule has 0 amide bonds. The molecule has 2 aliphatic heterocycles. The van der Waals surface area contributed by atoms with Gasteiger partial charge in [0.05, 0.1) is 12.0 Å². The van der Waals surface area contributed by atoms with Crippen molar-refractivity contribution in [2.45, 2.75) is 6.92 Å². The highest BCUT2D eigenvalue weighted by Gasteiger charge is 2.31. The lowest BCUT2D eigenvalue weighted by atomic mass is 10.0. The van der Waals surface area contributed by atoms with E-state index in [9.17, 15) is 9.59 Å². The third-order valence-corrected chi connectivity index (χ3v) is 6.39. The predicted octanol–water partition coefficient (Wildman–Crippen LogP) is 3.39. The van der Waals surface area contributed by atoms with Gasteiger partial charge in [0.15, 0.2) is 5.75 Å². The number of hydrogen-bond donors (Lipinski definition) is 0. The molecule has 0 N–H and O–H groups in total. The van der Waals surface area contributed by atoms with E-state index in [2.05, 4.69) is 16.7 Å². The topological polar surface area (TPSA) is 81.2 Å². The number of methoxy groups -OCH3 is 1. The fourth-order valence-corrected chi connectivity index (χ4v) is 4.56. The molecule has 0 aliphatic carbocycles. The lowest BCUT2D eigenvalue weighted by molar-refractivity contribution is -0.155. The summed E-state index contributed by atoms with van der Waals surface area (Å²) in [7, 11) is 1.63. The molecule has 1 aromatic heterocycles. The summed E-state index contributed by atoms with van der Waals surface area (Å²) in [6.07, 6.45) is 1.86. The van der Waals surface area contributed by atoms with Crippen LogP contribution in [-0.2, 0) is 14.3 Å². The second-order valence-corrected chi connectivity index (χ2v) is 8.50. The van der Waals surface area contributed by atoms with Crippen molar-refractivity contribution in [3.05, 3.63) is 59.8 Å². The summed E-state index contributed by atoms with van der Waals surface area (Å²) in [6, 6.07) is 15.2. The molecule has 0 saturated carbocycles. The first-order valence-electron chi connectivity index (χ1n) is 11.7. The second kappa shape index (κ2) is 9.85. The minimum absolute atomic E-state index is 0.215.